The van der Waals surface area contributed by atoms with Crippen LogP contribution in [0.3, 0.4) is 0 Å². The molecule has 0 aromatic heterocycles. The molecule has 3 unspecified atom stereocenters. The van der Waals surface area contributed by atoms with Crippen LogP contribution in [0, 0.1) is 5.92 Å². The predicted octanol–water partition coefficient (Wildman–Crippen LogP) is 2.91. The van der Waals surface area contributed by atoms with Gasteiger partial charge in [0.15, 0.2) is 0 Å². The lowest BCUT2D eigenvalue weighted by Gasteiger charge is -2.23. The van der Waals surface area contributed by atoms with Gasteiger partial charge in [-0.2, -0.15) is 0 Å². The molecule has 3 rings (SSSR count). The maximum atomic E-state index is 11.3. The number of benzene rings is 1. The van der Waals surface area contributed by atoms with Crippen LogP contribution in [0.15, 0.2) is 24.3 Å². The number of carboxylic acids is 1. The quantitative estimate of drug-likeness (QED) is 0.875. The van der Waals surface area contributed by atoms with Crippen LogP contribution in [-0.4, -0.2) is 34.7 Å². The molecule has 0 saturated carbocycles. The summed E-state index contributed by atoms with van der Waals surface area (Å²) < 4.78 is 5.68. The molecule has 4 heteroatoms. The normalized spacial score (nSPS) is 28.0. The van der Waals surface area contributed by atoms with Gasteiger partial charge in [-0.15, -0.1) is 0 Å². The summed E-state index contributed by atoms with van der Waals surface area (Å²) in [4.78, 5) is 13.7. The number of aliphatic carboxylic acids is 1. The van der Waals surface area contributed by atoms with Gasteiger partial charge in [0.05, 0.1) is 12.5 Å². The van der Waals surface area contributed by atoms with Crippen molar-refractivity contribution in [2.45, 2.75) is 51.2 Å². The van der Waals surface area contributed by atoms with Crippen molar-refractivity contribution in [2.24, 2.45) is 5.92 Å². The summed E-state index contributed by atoms with van der Waals surface area (Å²) in [5.74, 6) is 0.103. The maximum absolute atomic E-state index is 11.3. The van der Waals surface area contributed by atoms with Gasteiger partial charge in [0.1, 0.15) is 5.75 Å². The minimum atomic E-state index is -0.632. The molecule has 4 nitrogen and oxygen atoms in total. The highest BCUT2D eigenvalue weighted by atomic mass is 16.5. The van der Waals surface area contributed by atoms with Crippen LogP contribution in [0.5, 0.6) is 5.75 Å². The van der Waals surface area contributed by atoms with E-state index >= 15 is 0 Å². The molecule has 2 aliphatic rings. The summed E-state index contributed by atoms with van der Waals surface area (Å²) in [6, 6.07) is 8.85. The summed E-state index contributed by atoms with van der Waals surface area (Å²) >= 11 is 0. The number of hydrogen-bond acceptors (Lipinski definition) is 3. The van der Waals surface area contributed by atoms with Crippen molar-refractivity contribution >= 4 is 5.97 Å². The average molecular weight is 289 g/mol. The second-order valence-electron chi connectivity index (χ2n) is 6.15. The second-order valence-corrected chi connectivity index (χ2v) is 6.15. The van der Waals surface area contributed by atoms with E-state index in [0.29, 0.717) is 6.04 Å². The Labute approximate surface area is 125 Å². The lowest BCUT2D eigenvalue weighted by Crippen LogP contribution is -2.32. The van der Waals surface area contributed by atoms with E-state index in [4.69, 9.17) is 4.74 Å². The lowest BCUT2D eigenvalue weighted by molar-refractivity contribution is -0.142. The fourth-order valence-corrected chi connectivity index (χ4v) is 3.78. The molecule has 1 aromatic carbocycles. The van der Waals surface area contributed by atoms with Gasteiger partial charge in [-0.25, -0.2) is 0 Å². The van der Waals surface area contributed by atoms with Crippen LogP contribution < -0.4 is 4.74 Å². The molecule has 0 radical (unpaired) electrons. The Bertz CT molecular complexity index is 517. The Balaban J connectivity index is 1.68. The van der Waals surface area contributed by atoms with E-state index in [2.05, 4.69) is 24.0 Å². The molecule has 3 atom stereocenters. The minimum absolute atomic E-state index is 0.178. The van der Waals surface area contributed by atoms with Crippen LogP contribution in [0.1, 0.15) is 38.2 Å². The van der Waals surface area contributed by atoms with Crippen molar-refractivity contribution in [3.8, 4) is 5.75 Å². The first-order valence-electron chi connectivity index (χ1n) is 7.89. The van der Waals surface area contributed by atoms with E-state index in [-0.39, 0.29) is 12.0 Å². The van der Waals surface area contributed by atoms with Crippen molar-refractivity contribution in [2.75, 3.05) is 6.61 Å². The number of hydrogen-bond donors (Lipinski definition) is 1. The molecule has 114 valence electrons. The smallest absolute Gasteiger partial charge is 0.308 e. The van der Waals surface area contributed by atoms with Crippen molar-refractivity contribution in [3.63, 3.8) is 0 Å². The summed E-state index contributed by atoms with van der Waals surface area (Å²) in [6.07, 6.45) is 3.97. The van der Waals surface area contributed by atoms with Gasteiger partial charge in [0, 0.05) is 18.6 Å². The van der Waals surface area contributed by atoms with E-state index in [0.717, 1.165) is 44.6 Å². The molecular weight excluding hydrogens is 266 g/mol. The zero-order valence-electron chi connectivity index (χ0n) is 12.5. The molecule has 2 heterocycles. The topological polar surface area (TPSA) is 49.8 Å². The zero-order chi connectivity index (χ0) is 14.8. The Morgan fingerprint density at radius 1 is 1.43 bits per heavy atom. The lowest BCUT2D eigenvalue weighted by atomic mass is 9.89. The second kappa shape index (κ2) is 6.06. The molecule has 1 N–H and O–H groups in total. The van der Waals surface area contributed by atoms with Crippen molar-refractivity contribution < 1.29 is 14.6 Å². The minimum Gasteiger partial charge on any atom is -0.494 e. The monoisotopic (exact) mass is 289 g/mol. The SMILES string of the molecule is CCCOc1cccc(CN2C3CCC2C(C(=O)O)C3)c1. The molecule has 2 saturated heterocycles. The maximum Gasteiger partial charge on any atom is 0.308 e. The molecule has 2 fully saturated rings. The summed E-state index contributed by atoms with van der Waals surface area (Å²) in [7, 11) is 0. The summed E-state index contributed by atoms with van der Waals surface area (Å²) in [5, 5.41) is 9.31. The Morgan fingerprint density at radius 3 is 3.00 bits per heavy atom. The highest BCUT2D eigenvalue weighted by molar-refractivity contribution is 5.71. The Morgan fingerprint density at radius 2 is 2.29 bits per heavy atom. The number of rotatable bonds is 6. The fourth-order valence-electron chi connectivity index (χ4n) is 3.78. The molecule has 2 aliphatic heterocycles. The van der Waals surface area contributed by atoms with E-state index in [9.17, 15) is 9.90 Å². The molecule has 2 bridgehead atoms. The van der Waals surface area contributed by atoms with Crippen molar-refractivity contribution in [1.82, 2.24) is 4.90 Å². The summed E-state index contributed by atoms with van der Waals surface area (Å²) in [5.41, 5.74) is 1.21. The molecule has 0 aliphatic carbocycles. The van der Waals surface area contributed by atoms with E-state index in [1.165, 1.54) is 5.56 Å². The highest BCUT2D eigenvalue weighted by Gasteiger charge is 2.48. The zero-order valence-corrected chi connectivity index (χ0v) is 12.5. The third kappa shape index (κ3) is 2.91. The van der Waals surface area contributed by atoms with Gasteiger partial charge >= 0.3 is 5.97 Å². The van der Waals surface area contributed by atoms with E-state index in [1.54, 1.807) is 0 Å². The van der Waals surface area contributed by atoms with Gasteiger partial charge in [0.2, 0.25) is 0 Å². The predicted molar refractivity (Wildman–Crippen MR) is 80.3 cm³/mol. The first kappa shape index (κ1) is 14.4. The molecule has 0 amide bonds. The fraction of sp³-hybridized carbons (Fsp3) is 0.588. The van der Waals surface area contributed by atoms with Gasteiger partial charge < -0.3 is 9.84 Å². The summed E-state index contributed by atoms with van der Waals surface area (Å²) in [6.45, 7) is 3.67. The highest BCUT2D eigenvalue weighted by Crippen LogP contribution is 2.42. The first-order valence-corrected chi connectivity index (χ1v) is 7.89. The van der Waals surface area contributed by atoms with Crippen molar-refractivity contribution in [1.29, 1.82) is 0 Å². The van der Waals surface area contributed by atoms with Gasteiger partial charge in [0.25, 0.3) is 0 Å². The third-order valence-corrected chi connectivity index (χ3v) is 4.73. The van der Waals surface area contributed by atoms with Crippen LogP contribution in [-0.2, 0) is 11.3 Å². The third-order valence-electron chi connectivity index (χ3n) is 4.73. The Hall–Kier alpha value is -1.55. The van der Waals surface area contributed by atoms with Gasteiger partial charge in [-0.3, -0.25) is 9.69 Å². The Kier molecular flexibility index (Phi) is 4.15. The van der Waals surface area contributed by atoms with Crippen LogP contribution in [0.4, 0.5) is 0 Å². The van der Waals surface area contributed by atoms with Gasteiger partial charge in [-0.1, -0.05) is 19.1 Å². The van der Waals surface area contributed by atoms with E-state index in [1.807, 2.05) is 12.1 Å². The molecule has 21 heavy (non-hydrogen) atoms. The largest absolute Gasteiger partial charge is 0.494 e. The number of fused-ring (bicyclic) bond motifs is 2. The van der Waals surface area contributed by atoms with E-state index < -0.39 is 5.97 Å². The molecular formula is C17H23NO3. The van der Waals surface area contributed by atoms with Crippen molar-refractivity contribution in [3.05, 3.63) is 29.8 Å². The number of ether oxygens (including phenoxy) is 1. The molecule has 0 spiro atoms. The van der Waals surface area contributed by atoms with Crippen LogP contribution >= 0.6 is 0 Å². The van der Waals surface area contributed by atoms with Crippen LogP contribution in [0.2, 0.25) is 0 Å². The number of carboxylic acid groups (broad SMARTS) is 1. The molecule has 1 aromatic rings. The van der Waals surface area contributed by atoms with Gasteiger partial charge in [-0.05, 0) is 43.4 Å². The first-order chi connectivity index (χ1) is 10.2. The average Bonchev–Trinajstić information content (AvgIpc) is 3.03. The number of nitrogens with zero attached hydrogens (tertiary/aromatic N) is 1. The van der Waals surface area contributed by atoms with Crippen LogP contribution in [0.25, 0.3) is 0 Å². The standard InChI is InChI=1S/C17H23NO3/c1-2-8-21-14-5-3-4-12(9-14)11-18-13-6-7-16(18)15(10-13)17(19)20/h3-5,9,13,15-16H,2,6-8,10-11H2,1H3,(H,19,20). The number of carbonyl (C=O) groups is 1.